The summed E-state index contributed by atoms with van der Waals surface area (Å²) in [4.78, 5) is 32.5. The maximum absolute atomic E-state index is 13.3. The summed E-state index contributed by atoms with van der Waals surface area (Å²) in [5.41, 5.74) is 2.62. The zero-order valence-corrected chi connectivity index (χ0v) is 15.2. The normalized spacial score (nSPS) is 24.0. The molecule has 1 aromatic carbocycles. The minimum Gasteiger partial charge on any atom is -0.334 e. The topological polar surface area (TPSA) is 62.3 Å². The van der Waals surface area contributed by atoms with E-state index in [9.17, 15) is 9.59 Å². The Morgan fingerprint density at radius 3 is 2.88 bits per heavy atom. The Labute approximate surface area is 153 Å². The number of nitrogens with one attached hydrogen (secondary N) is 1. The van der Waals surface area contributed by atoms with Gasteiger partial charge in [0, 0.05) is 24.1 Å². The number of para-hydroxylation sites is 1. The molecule has 0 saturated carbocycles. The Kier molecular flexibility index (Phi) is 4.02. The summed E-state index contributed by atoms with van der Waals surface area (Å²) in [6.45, 7) is 4.54. The van der Waals surface area contributed by atoms with Gasteiger partial charge in [0.05, 0.1) is 17.0 Å². The second-order valence-corrected chi connectivity index (χ2v) is 7.16. The van der Waals surface area contributed by atoms with Crippen molar-refractivity contribution in [3.63, 3.8) is 0 Å². The molecule has 1 fully saturated rings. The minimum absolute atomic E-state index is 0.0235. The number of pyridine rings is 1. The van der Waals surface area contributed by atoms with Gasteiger partial charge in [-0.3, -0.25) is 14.6 Å². The van der Waals surface area contributed by atoms with Crippen molar-refractivity contribution >= 4 is 17.5 Å². The first-order chi connectivity index (χ1) is 12.6. The van der Waals surface area contributed by atoms with E-state index in [1.54, 1.807) is 12.3 Å². The molecule has 0 unspecified atom stereocenters. The monoisotopic (exact) mass is 349 g/mol. The molecule has 1 spiro atoms. The van der Waals surface area contributed by atoms with Crippen LogP contribution in [-0.2, 0) is 10.2 Å². The Hall–Kier alpha value is -2.69. The number of carbonyl (C=O) groups is 2. The van der Waals surface area contributed by atoms with Crippen LogP contribution in [0.1, 0.15) is 47.8 Å². The number of fused-ring (bicyclic) bond motifs is 2. The maximum Gasteiger partial charge on any atom is 0.255 e. The van der Waals surface area contributed by atoms with Crippen molar-refractivity contribution in [3.8, 4) is 0 Å². The molecule has 2 aliphatic heterocycles. The first-order valence-corrected chi connectivity index (χ1v) is 9.23. The number of nitrogens with zero attached hydrogens (tertiary/aromatic N) is 2. The van der Waals surface area contributed by atoms with Crippen molar-refractivity contribution in [1.82, 2.24) is 9.88 Å². The fourth-order valence-electron chi connectivity index (χ4n) is 4.59. The van der Waals surface area contributed by atoms with E-state index < -0.39 is 5.41 Å². The molecule has 2 aromatic rings. The zero-order valence-electron chi connectivity index (χ0n) is 15.2. The summed E-state index contributed by atoms with van der Waals surface area (Å²) in [5.74, 6) is -0.00142. The predicted molar refractivity (Wildman–Crippen MR) is 100 cm³/mol. The summed E-state index contributed by atoms with van der Waals surface area (Å²) >= 11 is 0. The van der Waals surface area contributed by atoms with Gasteiger partial charge in [-0.05, 0) is 43.5 Å². The number of aryl methyl sites for hydroxylation is 1. The van der Waals surface area contributed by atoms with Crippen LogP contribution in [0.5, 0.6) is 0 Å². The summed E-state index contributed by atoms with van der Waals surface area (Å²) in [6.07, 6.45) is 4.07. The lowest BCUT2D eigenvalue weighted by Crippen LogP contribution is -2.48. The van der Waals surface area contributed by atoms with Crippen molar-refractivity contribution in [3.05, 3.63) is 59.4 Å². The maximum atomic E-state index is 13.3. The third kappa shape index (κ3) is 2.26. The van der Waals surface area contributed by atoms with E-state index in [-0.39, 0.29) is 17.9 Å². The van der Waals surface area contributed by atoms with E-state index in [2.05, 4.69) is 17.2 Å². The van der Waals surface area contributed by atoms with Gasteiger partial charge in [-0.15, -0.1) is 0 Å². The van der Waals surface area contributed by atoms with Gasteiger partial charge in [0.1, 0.15) is 0 Å². The van der Waals surface area contributed by atoms with Crippen LogP contribution in [0, 0.1) is 6.92 Å². The van der Waals surface area contributed by atoms with Crippen LogP contribution in [0.3, 0.4) is 0 Å². The van der Waals surface area contributed by atoms with Crippen LogP contribution >= 0.6 is 0 Å². The number of benzene rings is 1. The summed E-state index contributed by atoms with van der Waals surface area (Å²) in [5, 5.41) is 3.04. The van der Waals surface area contributed by atoms with Gasteiger partial charge in [0.2, 0.25) is 5.91 Å². The van der Waals surface area contributed by atoms with Crippen molar-refractivity contribution in [2.24, 2.45) is 0 Å². The van der Waals surface area contributed by atoms with Crippen LogP contribution in [-0.4, -0.2) is 34.3 Å². The SMILES string of the molecule is CCC[C@@H]1N(C(=O)c2cccnc2C)CC[C@@]12C(=O)Nc1ccccc12. The quantitative estimate of drug-likeness (QED) is 0.925. The highest BCUT2D eigenvalue weighted by Crippen LogP contribution is 2.49. The number of carbonyl (C=O) groups excluding carboxylic acids is 2. The summed E-state index contributed by atoms with van der Waals surface area (Å²) < 4.78 is 0. The molecule has 3 heterocycles. The van der Waals surface area contributed by atoms with Crippen molar-refractivity contribution < 1.29 is 9.59 Å². The Morgan fingerprint density at radius 1 is 1.31 bits per heavy atom. The Bertz CT molecular complexity index is 879. The molecule has 134 valence electrons. The first kappa shape index (κ1) is 16.8. The number of amides is 2. The molecule has 2 amide bonds. The van der Waals surface area contributed by atoms with E-state index in [1.165, 1.54) is 0 Å². The van der Waals surface area contributed by atoms with Crippen LogP contribution in [0.2, 0.25) is 0 Å². The number of hydrogen-bond donors (Lipinski definition) is 1. The smallest absolute Gasteiger partial charge is 0.255 e. The highest BCUT2D eigenvalue weighted by atomic mass is 16.2. The average Bonchev–Trinajstić information content (AvgIpc) is 3.15. The highest BCUT2D eigenvalue weighted by Gasteiger charge is 2.58. The van der Waals surface area contributed by atoms with Crippen LogP contribution in [0.15, 0.2) is 42.6 Å². The molecule has 4 rings (SSSR count). The fraction of sp³-hybridized carbons (Fsp3) is 0.381. The molecule has 5 nitrogen and oxygen atoms in total. The number of anilines is 1. The number of hydrogen-bond acceptors (Lipinski definition) is 3. The molecular formula is C21H23N3O2. The van der Waals surface area contributed by atoms with Gasteiger partial charge in [0.15, 0.2) is 0 Å². The molecule has 1 N–H and O–H groups in total. The third-order valence-corrected chi connectivity index (χ3v) is 5.81. The van der Waals surface area contributed by atoms with Gasteiger partial charge in [0.25, 0.3) is 5.91 Å². The standard InChI is InChI=1S/C21H23N3O2/c1-3-7-18-21(16-9-4-5-10-17(16)23-20(21)26)11-13-24(18)19(25)15-8-6-12-22-14(15)2/h4-6,8-10,12,18H,3,7,11,13H2,1-2H3,(H,23,26)/t18-,21-/m0/s1. The number of aromatic nitrogens is 1. The van der Waals surface area contributed by atoms with Crippen LogP contribution in [0.4, 0.5) is 5.69 Å². The van der Waals surface area contributed by atoms with Gasteiger partial charge in [-0.25, -0.2) is 0 Å². The Morgan fingerprint density at radius 2 is 2.12 bits per heavy atom. The molecule has 0 aliphatic carbocycles. The summed E-state index contributed by atoms with van der Waals surface area (Å²) in [7, 11) is 0. The molecular weight excluding hydrogens is 326 g/mol. The van der Waals surface area contributed by atoms with Gasteiger partial charge >= 0.3 is 0 Å². The van der Waals surface area contributed by atoms with Crippen LogP contribution < -0.4 is 5.32 Å². The number of rotatable bonds is 3. The van der Waals surface area contributed by atoms with Gasteiger partial charge in [-0.1, -0.05) is 31.5 Å². The van der Waals surface area contributed by atoms with Crippen LogP contribution in [0.25, 0.3) is 0 Å². The van der Waals surface area contributed by atoms with Gasteiger partial charge < -0.3 is 10.2 Å². The second kappa shape index (κ2) is 6.24. The van der Waals surface area contributed by atoms with E-state index in [0.29, 0.717) is 18.5 Å². The predicted octanol–water partition coefficient (Wildman–Crippen LogP) is 3.29. The van der Waals surface area contributed by atoms with E-state index in [1.807, 2.05) is 42.2 Å². The largest absolute Gasteiger partial charge is 0.334 e. The van der Waals surface area contributed by atoms with Crippen molar-refractivity contribution in [1.29, 1.82) is 0 Å². The third-order valence-electron chi connectivity index (χ3n) is 5.81. The summed E-state index contributed by atoms with van der Waals surface area (Å²) in [6, 6.07) is 11.4. The first-order valence-electron chi connectivity index (χ1n) is 9.23. The molecule has 26 heavy (non-hydrogen) atoms. The lowest BCUT2D eigenvalue weighted by atomic mass is 9.73. The highest BCUT2D eigenvalue weighted by molar-refractivity contribution is 6.08. The lowest BCUT2D eigenvalue weighted by Gasteiger charge is -2.34. The van der Waals surface area contributed by atoms with Crippen molar-refractivity contribution in [2.45, 2.75) is 44.6 Å². The van der Waals surface area contributed by atoms with Crippen molar-refractivity contribution in [2.75, 3.05) is 11.9 Å². The average molecular weight is 349 g/mol. The number of likely N-dealkylation sites (tertiary alicyclic amines) is 1. The minimum atomic E-state index is -0.640. The van der Waals surface area contributed by atoms with E-state index in [4.69, 9.17) is 0 Å². The Balaban J connectivity index is 1.77. The molecule has 5 heteroatoms. The molecule has 2 aliphatic rings. The van der Waals surface area contributed by atoms with E-state index >= 15 is 0 Å². The molecule has 1 saturated heterocycles. The fourth-order valence-corrected chi connectivity index (χ4v) is 4.59. The van der Waals surface area contributed by atoms with E-state index in [0.717, 1.165) is 29.8 Å². The second-order valence-electron chi connectivity index (χ2n) is 7.16. The molecule has 1 aromatic heterocycles. The van der Waals surface area contributed by atoms with Gasteiger partial charge in [-0.2, -0.15) is 0 Å². The zero-order chi connectivity index (χ0) is 18.3. The molecule has 0 radical (unpaired) electrons. The lowest BCUT2D eigenvalue weighted by molar-refractivity contribution is -0.121. The molecule has 0 bridgehead atoms. The molecule has 2 atom stereocenters.